The summed E-state index contributed by atoms with van der Waals surface area (Å²) < 4.78 is 10.7. The van der Waals surface area contributed by atoms with Gasteiger partial charge in [-0.15, -0.1) is 0 Å². The number of rotatable bonds is 26. The first-order valence-electron chi connectivity index (χ1n) is 16.0. The molecule has 0 heterocycles. The fraction of sp³-hybridized carbons (Fsp3) is 0.939. The van der Waals surface area contributed by atoms with E-state index >= 15 is 0 Å². The summed E-state index contributed by atoms with van der Waals surface area (Å²) >= 11 is 0. The number of ether oxygens (including phenoxy) is 2. The first-order chi connectivity index (χ1) is 17.7. The predicted molar refractivity (Wildman–Crippen MR) is 158 cm³/mol. The molecule has 0 rings (SSSR count). The van der Waals surface area contributed by atoms with Gasteiger partial charge in [0.25, 0.3) is 0 Å². The summed E-state index contributed by atoms with van der Waals surface area (Å²) in [6, 6.07) is 0. The number of hydrogen-bond acceptors (Lipinski definition) is 4. The molecule has 0 aromatic rings. The van der Waals surface area contributed by atoms with Crippen LogP contribution in [0.5, 0.6) is 0 Å². The lowest BCUT2D eigenvalue weighted by molar-refractivity contribution is -0.145. The molecule has 1 atom stereocenters. The van der Waals surface area contributed by atoms with E-state index in [4.69, 9.17) is 9.47 Å². The maximum absolute atomic E-state index is 12.0. The van der Waals surface area contributed by atoms with E-state index in [1.807, 2.05) is 0 Å². The fourth-order valence-corrected chi connectivity index (χ4v) is 4.88. The Kier molecular flexibility index (Phi) is 24.5. The molecule has 4 heteroatoms. The van der Waals surface area contributed by atoms with E-state index in [1.165, 1.54) is 64.2 Å². The highest BCUT2D eigenvalue weighted by Gasteiger charge is 2.15. The van der Waals surface area contributed by atoms with Crippen LogP contribution >= 0.6 is 0 Å². The van der Waals surface area contributed by atoms with Crippen LogP contribution in [0, 0.1) is 23.7 Å². The average molecular weight is 525 g/mol. The van der Waals surface area contributed by atoms with Crippen molar-refractivity contribution in [1.29, 1.82) is 0 Å². The van der Waals surface area contributed by atoms with Gasteiger partial charge in [0.1, 0.15) is 0 Å². The highest BCUT2D eigenvalue weighted by molar-refractivity contribution is 5.69. The van der Waals surface area contributed by atoms with Crippen LogP contribution in [0.1, 0.15) is 164 Å². The molecule has 0 radical (unpaired) electrons. The van der Waals surface area contributed by atoms with Crippen molar-refractivity contribution in [2.75, 3.05) is 13.2 Å². The van der Waals surface area contributed by atoms with Gasteiger partial charge in [0, 0.05) is 12.8 Å². The second-order valence-electron chi connectivity index (χ2n) is 12.5. The zero-order chi connectivity index (χ0) is 27.7. The molecule has 0 bridgehead atoms. The molecule has 37 heavy (non-hydrogen) atoms. The van der Waals surface area contributed by atoms with Gasteiger partial charge in [0.15, 0.2) is 0 Å². The standard InChI is InChI=1S/C33H64O4/c1-28(2)20-18-26-36-32(34)23-17-15-13-11-9-7-8-10-12-14-16-22-31(30(5)6)24-25-33(35)37-27-19-21-29(3)4/h28-31H,7-27H2,1-6H3. The van der Waals surface area contributed by atoms with Gasteiger partial charge in [-0.1, -0.05) is 112 Å². The first kappa shape index (κ1) is 35.9. The average Bonchev–Trinajstić information content (AvgIpc) is 2.83. The summed E-state index contributed by atoms with van der Waals surface area (Å²) in [7, 11) is 0. The summed E-state index contributed by atoms with van der Waals surface area (Å²) in [5.41, 5.74) is 0. The number of unbranched alkanes of at least 4 members (excludes halogenated alkanes) is 10. The molecule has 0 spiro atoms. The Labute approximate surface area is 231 Å². The summed E-state index contributed by atoms with van der Waals surface area (Å²) in [5.74, 6) is 2.60. The van der Waals surface area contributed by atoms with Gasteiger partial charge in [-0.3, -0.25) is 9.59 Å². The minimum Gasteiger partial charge on any atom is -0.466 e. The van der Waals surface area contributed by atoms with E-state index in [0.717, 1.165) is 44.9 Å². The van der Waals surface area contributed by atoms with Crippen molar-refractivity contribution in [3.63, 3.8) is 0 Å². The Hall–Kier alpha value is -1.06. The molecule has 0 aromatic heterocycles. The zero-order valence-corrected chi connectivity index (χ0v) is 25.8. The Bertz CT molecular complexity index is 526. The van der Waals surface area contributed by atoms with Gasteiger partial charge in [0.2, 0.25) is 0 Å². The normalized spacial score (nSPS) is 12.5. The number of carbonyl (C=O) groups is 2. The smallest absolute Gasteiger partial charge is 0.305 e. The molecule has 0 aliphatic heterocycles. The lowest BCUT2D eigenvalue weighted by atomic mass is 9.86. The Morgan fingerprint density at radius 3 is 1.30 bits per heavy atom. The van der Waals surface area contributed by atoms with Crippen LogP contribution in [0.25, 0.3) is 0 Å². The molecule has 0 saturated heterocycles. The Balaban J connectivity index is 3.54. The van der Waals surface area contributed by atoms with Gasteiger partial charge in [0.05, 0.1) is 13.2 Å². The van der Waals surface area contributed by atoms with E-state index in [9.17, 15) is 9.59 Å². The highest BCUT2D eigenvalue weighted by atomic mass is 16.5. The number of esters is 2. The fourth-order valence-electron chi connectivity index (χ4n) is 4.88. The van der Waals surface area contributed by atoms with Crippen molar-refractivity contribution in [1.82, 2.24) is 0 Å². The lowest BCUT2D eigenvalue weighted by Crippen LogP contribution is -2.13. The van der Waals surface area contributed by atoms with Crippen LogP contribution in [0.15, 0.2) is 0 Å². The molecule has 0 N–H and O–H groups in total. The van der Waals surface area contributed by atoms with E-state index in [2.05, 4.69) is 41.5 Å². The van der Waals surface area contributed by atoms with Crippen molar-refractivity contribution in [2.45, 2.75) is 164 Å². The second-order valence-corrected chi connectivity index (χ2v) is 12.5. The lowest BCUT2D eigenvalue weighted by Gasteiger charge is -2.20. The van der Waals surface area contributed by atoms with Crippen molar-refractivity contribution in [3.8, 4) is 0 Å². The maximum Gasteiger partial charge on any atom is 0.305 e. The SMILES string of the molecule is CC(C)CCCOC(=O)CCCCCCCCCCCCCC(CCC(=O)OCCCC(C)C)C(C)C. The molecule has 0 saturated carbocycles. The molecular weight excluding hydrogens is 460 g/mol. The van der Waals surface area contributed by atoms with E-state index < -0.39 is 0 Å². The second kappa shape index (κ2) is 25.2. The van der Waals surface area contributed by atoms with Gasteiger partial charge in [-0.2, -0.15) is 0 Å². The molecule has 220 valence electrons. The highest BCUT2D eigenvalue weighted by Crippen LogP contribution is 2.24. The summed E-state index contributed by atoms with van der Waals surface area (Å²) in [6.45, 7) is 14.6. The first-order valence-corrected chi connectivity index (χ1v) is 16.0. The monoisotopic (exact) mass is 524 g/mol. The molecule has 4 nitrogen and oxygen atoms in total. The van der Waals surface area contributed by atoms with Crippen LogP contribution in [-0.4, -0.2) is 25.2 Å². The largest absolute Gasteiger partial charge is 0.466 e. The third kappa shape index (κ3) is 26.3. The molecule has 0 aliphatic carbocycles. The minimum absolute atomic E-state index is 0.00979. The summed E-state index contributed by atoms with van der Waals surface area (Å²) in [4.78, 5) is 23.8. The molecular formula is C33H64O4. The quantitative estimate of drug-likeness (QED) is 0.0834. The van der Waals surface area contributed by atoms with Gasteiger partial charge in [-0.05, 0) is 62.2 Å². The van der Waals surface area contributed by atoms with Crippen LogP contribution in [-0.2, 0) is 19.1 Å². The van der Waals surface area contributed by atoms with E-state index in [1.54, 1.807) is 0 Å². The topological polar surface area (TPSA) is 52.6 Å². The molecule has 0 fully saturated rings. The van der Waals surface area contributed by atoms with E-state index in [-0.39, 0.29) is 11.9 Å². The molecule has 0 aliphatic rings. The van der Waals surface area contributed by atoms with Gasteiger partial charge >= 0.3 is 11.9 Å². The minimum atomic E-state index is -0.0153. The molecule has 0 aromatic carbocycles. The van der Waals surface area contributed by atoms with Crippen LogP contribution < -0.4 is 0 Å². The van der Waals surface area contributed by atoms with Crippen molar-refractivity contribution in [2.24, 2.45) is 23.7 Å². The van der Waals surface area contributed by atoms with Crippen molar-refractivity contribution >= 4 is 11.9 Å². The van der Waals surface area contributed by atoms with Crippen molar-refractivity contribution < 1.29 is 19.1 Å². The summed E-state index contributed by atoms with van der Waals surface area (Å²) in [6.07, 6.45) is 21.5. The Morgan fingerprint density at radius 2 is 0.865 bits per heavy atom. The third-order valence-corrected chi connectivity index (χ3v) is 7.50. The predicted octanol–water partition coefficient (Wildman–Crippen LogP) is 10.1. The zero-order valence-electron chi connectivity index (χ0n) is 25.8. The number of carbonyl (C=O) groups excluding carboxylic acids is 2. The Morgan fingerprint density at radius 1 is 0.459 bits per heavy atom. The maximum atomic E-state index is 12.0. The van der Waals surface area contributed by atoms with Crippen LogP contribution in [0.2, 0.25) is 0 Å². The molecule has 0 amide bonds. The molecule has 1 unspecified atom stereocenters. The van der Waals surface area contributed by atoms with Crippen LogP contribution in [0.4, 0.5) is 0 Å². The van der Waals surface area contributed by atoms with Crippen LogP contribution in [0.3, 0.4) is 0 Å². The van der Waals surface area contributed by atoms with Gasteiger partial charge < -0.3 is 9.47 Å². The van der Waals surface area contributed by atoms with E-state index in [0.29, 0.717) is 49.7 Å². The number of hydrogen-bond donors (Lipinski definition) is 0. The van der Waals surface area contributed by atoms with Gasteiger partial charge in [-0.25, -0.2) is 0 Å². The van der Waals surface area contributed by atoms with Crippen molar-refractivity contribution in [3.05, 3.63) is 0 Å². The summed E-state index contributed by atoms with van der Waals surface area (Å²) in [5, 5.41) is 0. The third-order valence-electron chi connectivity index (χ3n) is 7.50.